The number of aryl methyl sites for hydroxylation is 1. The smallest absolute Gasteiger partial charge is 0.416 e. The molecule has 0 amide bonds. The molecule has 148 valence electrons. The summed E-state index contributed by atoms with van der Waals surface area (Å²) in [7, 11) is 1.55. The first-order chi connectivity index (χ1) is 13.1. The largest absolute Gasteiger partial charge is 0.495 e. The summed E-state index contributed by atoms with van der Waals surface area (Å²) in [6, 6.07) is 6.63. The molecule has 0 spiro atoms. The summed E-state index contributed by atoms with van der Waals surface area (Å²) in [4.78, 5) is 8.83. The molecule has 3 rings (SSSR count). The third-order valence-electron chi connectivity index (χ3n) is 4.24. The second-order valence-corrected chi connectivity index (χ2v) is 7.23. The third kappa shape index (κ3) is 4.14. The lowest BCUT2D eigenvalue weighted by Gasteiger charge is -2.19. The maximum Gasteiger partial charge on any atom is 0.416 e. The van der Waals surface area contributed by atoms with E-state index in [1.807, 2.05) is 6.07 Å². The van der Waals surface area contributed by atoms with Crippen molar-refractivity contribution in [3.8, 4) is 5.75 Å². The number of ether oxygens (including phenoxy) is 1. The number of alkyl halides is 3. The van der Waals surface area contributed by atoms with E-state index >= 15 is 0 Å². The van der Waals surface area contributed by atoms with E-state index in [9.17, 15) is 13.2 Å². The van der Waals surface area contributed by atoms with Gasteiger partial charge in [-0.25, -0.2) is 9.97 Å². The quantitative estimate of drug-likeness (QED) is 0.510. The minimum Gasteiger partial charge on any atom is -0.495 e. The van der Waals surface area contributed by atoms with Crippen LogP contribution in [0.5, 0.6) is 5.75 Å². The van der Waals surface area contributed by atoms with Gasteiger partial charge in [-0.05, 0) is 59.6 Å². The van der Waals surface area contributed by atoms with E-state index in [0.29, 0.717) is 38.3 Å². The van der Waals surface area contributed by atoms with E-state index in [0.717, 1.165) is 12.1 Å². The molecule has 0 unspecified atom stereocenters. The van der Waals surface area contributed by atoms with Gasteiger partial charge in [0.05, 0.1) is 28.7 Å². The zero-order valence-corrected chi connectivity index (χ0v) is 16.9. The fraction of sp³-hybridized carbons (Fsp3) is 0.263. The molecule has 0 aliphatic carbocycles. The summed E-state index contributed by atoms with van der Waals surface area (Å²) in [5.74, 6) is 1.65. The van der Waals surface area contributed by atoms with Crippen molar-refractivity contribution in [2.75, 3.05) is 18.2 Å². The summed E-state index contributed by atoms with van der Waals surface area (Å²) < 4.78 is 45.3. The summed E-state index contributed by atoms with van der Waals surface area (Å²) in [6.07, 6.45) is -4.47. The fourth-order valence-electron chi connectivity index (χ4n) is 2.89. The number of nitrogens with one attached hydrogen (secondary N) is 1. The van der Waals surface area contributed by atoms with Crippen LogP contribution < -0.4 is 15.8 Å². The molecule has 0 aliphatic heterocycles. The molecule has 3 N–H and O–H groups in total. The Morgan fingerprint density at radius 3 is 2.50 bits per heavy atom. The molecular weight excluding hydrogens is 437 g/mol. The zero-order chi connectivity index (χ0) is 20.6. The van der Waals surface area contributed by atoms with Gasteiger partial charge in [0.1, 0.15) is 17.4 Å². The van der Waals surface area contributed by atoms with Crippen LogP contribution in [-0.2, 0) is 6.18 Å². The number of methoxy groups -OCH3 is 1. The molecule has 0 bridgehead atoms. The van der Waals surface area contributed by atoms with Crippen molar-refractivity contribution in [2.45, 2.75) is 26.1 Å². The minimum atomic E-state index is -4.47. The average Bonchev–Trinajstić information content (AvgIpc) is 2.60. The molecule has 1 atom stereocenters. The van der Waals surface area contributed by atoms with Crippen LogP contribution in [0, 0.1) is 6.92 Å². The van der Waals surface area contributed by atoms with E-state index in [4.69, 9.17) is 10.5 Å². The molecule has 0 fully saturated rings. The Bertz CT molecular complexity index is 1040. The second kappa shape index (κ2) is 7.46. The van der Waals surface area contributed by atoms with Crippen LogP contribution in [0.4, 0.5) is 24.7 Å². The Labute approximate surface area is 168 Å². The summed E-state index contributed by atoms with van der Waals surface area (Å²) in [6.45, 7) is 3.49. The van der Waals surface area contributed by atoms with Crippen molar-refractivity contribution in [2.24, 2.45) is 0 Å². The number of rotatable bonds is 4. The first-order valence-electron chi connectivity index (χ1n) is 8.34. The molecular formula is C19H18BrF3N4O. The van der Waals surface area contributed by atoms with Gasteiger partial charge >= 0.3 is 6.18 Å². The predicted octanol–water partition coefficient (Wildman–Crippen LogP) is 5.48. The van der Waals surface area contributed by atoms with Gasteiger partial charge in [0.25, 0.3) is 0 Å². The van der Waals surface area contributed by atoms with Crippen LogP contribution in [0.1, 0.15) is 29.9 Å². The summed E-state index contributed by atoms with van der Waals surface area (Å²) in [5, 5.41) is 3.89. The predicted molar refractivity (Wildman–Crippen MR) is 106 cm³/mol. The molecule has 9 heteroatoms. The molecule has 5 nitrogen and oxygen atoms in total. The van der Waals surface area contributed by atoms with E-state index in [1.54, 1.807) is 27.0 Å². The molecule has 0 aliphatic rings. The highest BCUT2D eigenvalue weighted by Gasteiger charge is 2.31. The molecule has 1 aromatic heterocycles. The fourth-order valence-corrected chi connectivity index (χ4v) is 3.40. The van der Waals surface area contributed by atoms with E-state index < -0.39 is 17.8 Å². The standard InChI is InChI=1S/C19H18BrF3N4O/c1-9(11-4-12(19(21,22)23)6-13(24)5-11)25-18-14-7-15(20)17(28-3)8-16(14)26-10(2)27-18/h4-9H,24H2,1-3H3,(H,25,26,27)/t9-/m1/s1. The third-order valence-corrected chi connectivity index (χ3v) is 4.86. The average molecular weight is 455 g/mol. The monoisotopic (exact) mass is 454 g/mol. The van der Waals surface area contributed by atoms with Crippen molar-refractivity contribution in [1.29, 1.82) is 0 Å². The van der Waals surface area contributed by atoms with Crippen LogP contribution in [0.2, 0.25) is 0 Å². The van der Waals surface area contributed by atoms with Crippen LogP contribution in [0.25, 0.3) is 10.9 Å². The Balaban J connectivity index is 2.03. The molecule has 3 aromatic rings. The number of benzene rings is 2. The summed E-state index contributed by atoms with van der Waals surface area (Å²) >= 11 is 3.43. The van der Waals surface area contributed by atoms with Crippen LogP contribution in [-0.4, -0.2) is 17.1 Å². The number of nitrogens with zero attached hydrogens (tertiary/aromatic N) is 2. The number of nitrogen functional groups attached to an aromatic ring is 1. The van der Waals surface area contributed by atoms with Crippen molar-refractivity contribution < 1.29 is 17.9 Å². The molecule has 28 heavy (non-hydrogen) atoms. The normalized spacial score (nSPS) is 12.8. The highest BCUT2D eigenvalue weighted by Crippen LogP contribution is 2.35. The number of halogens is 4. The Morgan fingerprint density at radius 2 is 1.86 bits per heavy atom. The van der Waals surface area contributed by atoms with Crippen molar-refractivity contribution in [1.82, 2.24) is 9.97 Å². The van der Waals surface area contributed by atoms with Gasteiger partial charge in [-0.15, -0.1) is 0 Å². The molecule has 0 saturated carbocycles. The maximum atomic E-state index is 13.1. The van der Waals surface area contributed by atoms with E-state index in [-0.39, 0.29) is 5.69 Å². The number of anilines is 2. The lowest BCUT2D eigenvalue weighted by molar-refractivity contribution is -0.137. The number of hydrogen-bond donors (Lipinski definition) is 2. The van der Waals surface area contributed by atoms with Gasteiger partial charge in [0, 0.05) is 17.1 Å². The summed E-state index contributed by atoms with van der Waals surface area (Å²) in [5.41, 5.74) is 6.01. The van der Waals surface area contributed by atoms with Gasteiger partial charge in [0.2, 0.25) is 0 Å². The number of fused-ring (bicyclic) bond motifs is 1. The number of nitrogens with two attached hydrogens (primary N) is 1. The van der Waals surface area contributed by atoms with Gasteiger partial charge in [-0.1, -0.05) is 0 Å². The first kappa shape index (κ1) is 20.2. The molecule has 1 heterocycles. The second-order valence-electron chi connectivity index (χ2n) is 6.38. The Kier molecular flexibility index (Phi) is 5.38. The minimum absolute atomic E-state index is 0.0506. The van der Waals surface area contributed by atoms with Crippen molar-refractivity contribution in [3.63, 3.8) is 0 Å². The topological polar surface area (TPSA) is 73.1 Å². The highest BCUT2D eigenvalue weighted by atomic mass is 79.9. The van der Waals surface area contributed by atoms with Crippen LogP contribution >= 0.6 is 15.9 Å². The number of hydrogen-bond acceptors (Lipinski definition) is 5. The lowest BCUT2D eigenvalue weighted by atomic mass is 10.0. The zero-order valence-electron chi connectivity index (χ0n) is 15.4. The Morgan fingerprint density at radius 1 is 1.14 bits per heavy atom. The van der Waals surface area contributed by atoms with E-state index in [1.165, 1.54) is 6.07 Å². The lowest BCUT2D eigenvalue weighted by Crippen LogP contribution is -2.12. The Hall–Kier alpha value is -2.55. The van der Waals surface area contributed by atoms with E-state index in [2.05, 4.69) is 31.2 Å². The van der Waals surface area contributed by atoms with Gasteiger partial charge in [0.15, 0.2) is 0 Å². The molecule has 0 radical (unpaired) electrons. The van der Waals surface area contributed by atoms with Crippen LogP contribution in [0.3, 0.4) is 0 Å². The molecule has 2 aromatic carbocycles. The molecule has 0 saturated heterocycles. The number of aromatic nitrogens is 2. The highest BCUT2D eigenvalue weighted by molar-refractivity contribution is 9.10. The van der Waals surface area contributed by atoms with Gasteiger partial charge in [-0.3, -0.25) is 0 Å². The maximum absolute atomic E-state index is 13.1. The van der Waals surface area contributed by atoms with Gasteiger partial charge < -0.3 is 15.8 Å². The van der Waals surface area contributed by atoms with Crippen molar-refractivity contribution in [3.05, 3.63) is 51.8 Å². The van der Waals surface area contributed by atoms with Crippen molar-refractivity contribution >= 4 is 38.3 Å². The van der Waals surface area contributed by atoms with Crippen LogP contribution in [0.15, 0.2) is 34.8 Å². The van der Waals surface area contributed by atoms with Gasteiger partial charge in [-0.2, -0.15) is 13.2 Å². The SMILES string of the molecule is COc1cc2nc(C)nc(N[C@H](C)c3cc(N)cc(C(F)(F)F)c3)c2cc1Br. The first-order valence-corrected chi connectivity index (χ1v) is 9.14.